The lowest BCUT2D eigenvalue weighted by Crippen LogP contribution is -2.50. The number of amides is 2. The Morgan fingerprint density at radius 2 is 1.94 bits per heavy atom. The van der Waals surface area contributed by atoms with Crippen molar-refractivity contribution in [2.75, 3.05) is 0 Å². The fourth-order valence-corrected chi connectivity index (χ4v) is 1.13. The van der Waals surface area contributed by atoms with E-state index in [2.05, 4.69) is 17.2 Å². The van der Waals surface area contributed by atoms with Crippen molar-refractivity contribution in [2.45, 2.75) is 39.3 Å². The first kappa shape index (κ1) is 14.5. The van der Waals surface area contributed by atoms with Crippen LogP contribution >= 0.6 is 0 Å². The SMILES string of the molecule is C=CC(C)NC(=O)NC(C(=O)O)C(C)CC. The summed E-state index contributed by atoms with van der Waals surface area (Å²) in [7, 11) is 0. The normalized spacial score (nSPS) is 15.7. The van der Waals surface area contributed by atoms with E-state index in [1.165, 1.54) is 0 Å². The number of carboxylic acid groups (broad SMARTS) is 1. The number of carboxylic acids is 1. The van der Waals surface area contributed by atoms with Gasteiger partial charge in [0.1, 0.15) is 6.04 Å². The number of nitrogens with one attached hydrogen (secondary N) is 2. The van der Waals surface area contributed by atoms with Gasteiger partial charge in [-0.25, -0.2) is 9.59 Å². The fraction of sp³-hybridized carbons (Fsp3) is 0.636. The molecule has 0 radical (unpaired) electrons. The third-order valence-electron chi connectivity index (χ3n) is 2.48. The van der Waals surface area contributed by atoms with Crippen LogP contribution < -0.4 is 10.6 Å². The first-order valence-electron chi connectivity index (χ1n) is 5.34. The summed E-state index contributed by atoms with van der Waals surface area (Å²) in [4.78, 5) is 22.3. The molecule has 3 N–H and O–H groups in total. The summed E-state index contributed by atoms with van der Waals surface area (Å²) in [6, 6.07) is -1.53. The van der Waals surface area contributed by atoms with Crippen LogP contribution in [0.4, 0.5) is 4.79 Å². The second-order valence-corrected chi connectivity index (χ2v) is 3.84. The Morgan fingerprint density at radius 3 is 2.31 bits per heavy atom. The van der Waals surface area contributed by atoms with E-state index in [0.29, 0.717) is 6.42 Å². The average Bonchev–Trinajstić information content (AvgIpc) is 2.24. The van der Waals surface area contributed by atoms with Gasteiger partial charge in [-0.05, 0) is 12.8 Å². The van der Waals surface area contributed by atoms with Crippen molar-refractivity contribution in [3.8, 4) is 0 Å². The molecule has 0 aliphatic rings. The number of carbonyl (C=O) groups excluding carboxylic acids is 1. The minimum atomic E-state index is -1.02. The maximum absolute atomic E-state index is 11.4. The van der Waals surface area contributed by atoms with Crippen molar-refractivity contribution in [1.82, 2.24) is 10.6 Å². The van der Waals surface area contributed by atoms with E-state index in [0.717, 1.165) is 0 Å². The summed E-state index contributed by atoms with van der Waals surface area (Å²) in [5, 5.41) is 13.9. The number of rotatable bonds is 6. The van der Waals surface area contributed by atoms with E-state index in [1.807, 2.05) is 6.92 Å². The molecule has 0 aromatic carbocycles. The highest BCUT2D eigenvalue weighted by Crippen LogP contribution is 2.07. The fourth-order valence-electron chi connectivity index (χ4n) is 1.13. The van der Waals surface area contributed by atoms with Crippen molar-refractivity contribution in [3.63, 3.8) is 0 Å². The third kappa shape index (κ3) is 4.82. The van der Waals surface area contributed by atoms with Gasteiger partial charge in [0.2, 0.25) is 0 Å². The van der Waals surface area contributed by atoms with Crippen LogP contribution in [-0.4, -0.2) is 29.2 Å². The second-order valence-electron chi connectivity index (χ2n) is 3.84. The number of hydrogen-bond acceptors (Lipinski definition) is 2. The molecular weight excluding hydrogens is 208 g/mol. The quantitative estimate of drug-likeness (QED) is 0.601. The summed E-state index contributed by atoms with van der Waals surface area (Å²) < 4.78 is 0. The molecule has 0 fully saturated rings. The van der Waals surface area contributed by atoms with E-state index in [-0.39, 0.29) is 12.0 Å². The molecule has 5 heteroatoms. The zero-order valence-corrected chi connectivity index (χ0v) is 9.99. The van der Waals surface area contributed by atoms with Gasteiger partial charge in [0.25, 0.3) is 0 Å². The zero-order chi connectivity index (χ0) is 12.7. The van der Waals surface area contributed by atoms with Gasteiger partial charge in [-0.2, -0.15) is 0 Å². The van der Waals surface area contributed by atoms with Crippen LogP contribution in [0.5, 0.6) is 0 Å². The Balaban J connectivity index is 4.35. The van der Waals surface area contributed by atoms with E-state index >= 15 is 0 Å². The molecule has 0 aromatic rings. The van der Waals surface area contributed by atoms with E-state index in [4.69, 9.17) is 5.11 Å². The molecule has 0 saturated heterocycles. The number of hydrogen-bond donors (Lipinski definition) is 3. The van der Waals surface area contributed by atoms with E-state index in [1.54, 1.807) is 19.9 Å². The van der Waals surface area contributed by atoms with Crippen LogP contribution in [0.1, 0.15) is 27.2 Å². The molecule has 16 heavy (non-hydrogen) atoms. The predicted octanol–water partition coefficient (Wildman–Crippen LogP) is 1.36. The van der Waals surface area contributed by atoms with E-state index in [9.17, 15) is 9.59 Å². The summed E-state index contributed by atoms with van der Waals surface area (Å²) in [6.45, 7) is 8.95. The summed E-state index contributed by atoms with van der Waals surface area (Å²) in [6.07, 6.45) is 2.26. The maximum atomic E-state index is 11.4. The molecule has 0 aliphatic heterocycles. The molecule has 0 spiro atoms. The van der Waals surface area contributed by atoms with Gasteiger partial charge in [-0.15, -0.1) is 6.58 Å². The highest BCUT2D eigenvalue weighted by molar-refractivity contribution is 5.82. The van der Waals surface area contributed by atoms with Gasteiger partial charge in [0, 0.05) is 6.04 Å². The highest BCUT2D eigenvalue weighted by Gasteiger charge is 2.25. The van der Waals surface area contributed by atoms with Crippen LogP contribution in [0.3, 0.4) is 0 Å². The molecule has 0 bridgehead atoms. The molecule has 0 aliphatic carbocycles. The summed E-state index contributed by atoms with van der Waals surface area (Å²) in [5.74, 6) is -1.13. The molecule has 0 aromatic heterocycles. The molecular formula is C11H20N2O3. The van der Waals surface area contributed by atoms with Gasteiger partial charge in [0.05, 0.1) is 0 Å². The second kappa shape index (κ2) is 6.87. The lowest BCUT2D eigenvalue weighted by molar-refractivity contribution is -0.140. The molecule has 2 amide bonds. The van der Waals surface area contributed by atoms with Crippen LogP contribution in [0, 0.1) is 5.92 Å². The maximum Gasteiger partial charge on any atom is 0.326 e. The molecule has 0 heterocycles. The van der Waals surface area contributed by atoms with Crippen molar-refractivity contribution in [2.24, 2.45) is 5.92 Å². The molecule has 3 atom stereocenters. The smallest absolute Gasteiger partial charge is 0.326 e. The van der Waals surface area contributed by atoms with Crippen molar-refractivity contribution in [3.05, 3.63) is 12.7 Å². The first-order chi connectivity index (χ1) is 7.42. The van der Waals surface area contributed by atoms with Gasteiger partial charge >= 0.3 is 12.0 Å². The standard InChI is InChI=1S/C11H20N2O3/c1-5-7(3)9(10(14)15)13-11(16)12-8(4)6-2/h6-9H,2,5H2,1,3-4H3,(H,14,15)(H2,12,13,16). The van der Waals surface area contributed by atoms with Crippen LogP contribution in [0.2, 0.25) is 0 Å². The van der Waals surface area contributed by atoms with Crippen LogP contribution in [0.15, 0.2) is 12.7 Å². The monoisotopic (exact) mass is 228 g/mol. The Labute approximate surface area is 95.9 Å². The molecule has 0 saturated carbocycles. The highest BCUT2D eigenvalue weighted by atomic mass is 16.4. The van der Waals surface area contributed by atoms with Crippen molar-refractivity contribution < 1.29 is 14.7 Å². The van der Waals surface area contributed by atoms with Gasteiger partial charge in [-0.3, -0.25) is 0 Å². The Morgan fingerprint density at radius 1 is 1.38 bits per heavy atom. The van der Waals surface area contributed by atoms with E-state index < -0.39 is 18.0 Å². The van der Waals surface area contributed by atoms with Crippen molar-refractivity contribution >= 4 is 12.0 Å². The Kier molecular flexibility index (Phi) is 6.22. The molecule has 0 rings (SSSR count). The van der Waals surface area contributed by atoms with Gasteiger partial charge in [0.15, 0.2) is 0 Å². The first-order valence-corrected chi connectivity index (χ1v) is 5.34. The van der Waals surface area contributed by atoms with Gasteiger partial charge in [-0.1, -0.05) is 26.3 Å². The Hall–Kier alpha value is -1.52. The summed E-state index contributed by atoms with van der Waals surface area (Å²) >= 11 is 0. The molecule has 5 nitrogen and oxygen atoms in total. The molecule has 3 unspecified atom stereocenters. The topological polar surface area (TPSA) is 78.4 Å². The lowest BCUT2D eigenvalue weighted by atomic mass is 9.99. The van der Waals surface area contributed by atoms with Crippen molar-refractivity contribution in [1.29, 1.82) is 0 Å². The minimum Gasteiger partial charge on any atom is -0.480 e. The van der Waals surface area contributed by atoms with Crippen LogP contribution in [-0.2, 0) is 4.79 Å². The zero-order valence-electron chi connectivity index (χ0n) is 9.99. The molecule has 92 valence electrons. The number of urea groups is 1. The largest absolute Gasteiger partial charge is 0.480 e. The number of aliphatic carboxylic acids is 1. The van der Waals surface area contributed by atoms with Gasteiger partial charge < -0.3 is 15.7 Å². The third-order valence-corrected chi connectivity index (χ3v) is 2.48. The average molecular weight is 228 g/mol. The van der Waals surface area contributed by atoms with Crippen LogP contribution in [0.25, 0.3) is 0 Å². The lowest BCUT2D eigenvalue weighted by Gasteiger charge is -2.21. The minimum absolute atomic E-state index is 0.109. The predicted molar refractivity (Wildman–Crippen MR) is 62.2 cm³/mol. The number of carbonyl (C=O) groups is 2. The summed E-state index contributed by atoms with van der Waals surface area (Å²) in [5.41, 5.74) is 0. The Bertz CT molecular complexity index is 266.